The van der Waals surface area contributed by atoms with Crippen molar-refractivity contribution in [3.8, 4) is 0 Å². The highest BCUT2D eigenvalue weighted by Crippen LogP contribution is 2.75. The van der Waals surface area contributed by atoms with Crippen molar-refractivity contribution in [2.24, 2.45) is 0 Å². The highest BCUT2D eigenvalue weighted by molar-refractivity contribution is 6.57. The number of hydrogen-bond acceptors (Lipinski definition) is 0. The summed E-state index contributed by atoms with van der Waals surface area (Å²) < 4.78 is 0. The van der Waals surface area contributed by atoms with Gasteiger partial charge in [-0.05, 0) is 12.0 Å². The Bertz CT molecular complexity index is 481. The largest absolute Gasteiger partial charge is 0.112 e. The Morgan fingerprint density at radius 1 is 1.00 bits per heavy atom. The van der Waals surface area contributed by atoms with Gasteiger partial charge in [0.2, 0.25) is 0 Å². The van der Waals surface area contributed by atoms with Crippen LogP contribution < -0.4 is 0 Å². The molecule has 1 fully saturated rings. The van der Waals surface area contributed by atoms with Crippen LogP contribution in [0.2, 0.25) is 0 Å². The van der Waals surface area contributed by atoms with E-state index in [9.17, 15) is 0 Å². The van der Waals surface area contributed by atoms with Gasteiger partial charge in [0, 0.05) is 5.92 Å². The fraction of sp³-hybridized carbons (Fsp3) is 0.333. The van der Waals surface area contributed by atoms with Crippen LogP contribution in [0.5, 0.6) is 0 Å². The molecule has 0 aliphatic heterocycles. The smallest absolute Gasteiger partial charge is 0.111 e. The van der Waals surface area contributed by atoms with Crippen LogP contribution in [-0.4, -0.2) is 9.75 Å². The highest BCUT2D eigenvalue weighted by atomic mass is 35.5. The zero-order valence-corrected chi connectivity index (χ0v) is 11.2. The number of rotatable bonds is 1. The van der Waals surface area contributed by atoms with E-state index in [4.69, 9.17) is 46.4 Å². The molecule has 3 atom stereocenters. The molecule has 0 bridgehead atoms. The maximum Gasteiger partial charge on any atom is 0.112 e. The van der Waals surface area contributed by atoms with Crippen LogP contribution in [0.25, 0.3) is 0 Å². The molecule has 84 valence electrons. The molecule has 0 heterocycles. The molecule has 2 aliphatic carbocycles. The van der Waals surface area contributed by atoms with Gasteiger partial charge in [0.1, 0.15) is 9.75 Å². The Labute approximate surface area is 114 Å². The fourth-order valence-electron chi connectivity index (χ4n) is 2.60. The predicted molar refractivity (Wildman–Crippen MR) is 69.7 cm³/mol. The molecule has 3 unspecified atom stereocenters. The standard InChI is InChI=1S/C12H8Cl4/c13-9-10(14)12(16)8(6-11(9,12)15)7-4-2-1-3-5-7/h1-5,8H,6H2. The lowest BCUT2D eigenvalue weighted by atomic mass is 9.54. The van der Waals surface area contributed by atoms with Crippen molar-refractivity contribution in [2.75, 3.05) is 0 Å². The molecular weight excluding hydrogens is 286 g/mol. The van der Waals surface area contributed by atoms with Crippen LogP contribution in [0.15, 0.2) is 40.4 Å². The van der Waals surface area contributed by atoms with E-state index in [1.54, 1.807) is 0 Å². The van der Waals surface area contributed by atoms with Crippen LogP contribution in [0.1, 0.15) is 17.9 Å². The molecule has 1 saturated carbocycles. The molecule has 0 nitrogen and oxygen atoms in total. The molecule has 3 rings (SSSR count). The van der Waals surface area contributed by atoms with Crippen LogP contribution in [0.3, 0.4) is 0 Å². The summed E-state index contributed by atoms with van der Waals surface area (Å²) >= 11 is 25.0. The Hall–Kier alpha value is 0.120. The van der Waals surface area contributed by atoms with E-state index in [1.807, 2.05) is 30.3 Å². The first-order valence-corrected chi connectivity index (χ1v) is 6.52. The molecule has 0 N–H and O–H groups in total. The molecule has 0 aromatic heterocycles. The van der Waals surface area contributed by atoms with Crippen molar-refractivity contribution >= 4 is 46.4 Å². The fourth-order valence-corrected chi connectivity index (χ4v) is 4.56. The van der Waals surface area contributed by atoms with E-state index in [0.29, 0.717) is 10.1 Å². The summed E-state index contributed by atoms with van der Waals surface area (Å²) in [6.07, 6.45) is 0.747. The summed E-state index contributed by atoms with van der Waals surface area (Å²) in [6, 6.07) is 10.0. The van der Waals surface area contributed by atoms with Gasteiger partial charge in [-0.15, -0.1) is 23.2 Å². The maximum absolute atomic E-state index is 6.52. The molecule has 0 amide bonds. The quantitative estimate of drug-likeness (QED) is 0.651. The van der Waals surface area contributed by atoms with Crippen molar-refractivity contribution < 1.29 is 0 Å². The highest BCUT2D eigenvalue weighted by Gasteiger charge is 2.75. The Morgan fingerprint density at radius 3 is 2.19 bits per heavy atom. The molecule has 0 saturated heterocycles. The summed E-state index contributed by atoms with van der Waals surface area (Å²) in [5.74, 6) is 0.155. The molecule has 0 radical (unpaired) electrons. The molecule has 1 aromatic rings. The SMILES string of the molecule is ClC1=C(Cl)C2(Cl)C(c3ccccc3)CC12Cl. The van der Waals surface area contributed by atoms with Crippen molar-refractivity contribution in [1.82, 2.24) is 0 Å². The average Bonchev–Trinajstić information content (AvgIpc) is 2.33. The van der Waals surface area contributed by atoms with Gasteiger partial charge in [0.15, 0.2) is 0 Å². The minimum atomic E-state index is -0.700. The monoisotopic (exact) mass is 292 g/mol. The van der Waals surface area contributed by atoms with E-state index in [2.05, 4.69) is 0 Å². The minimum Gasteiger partial charge on any atom is -0.111 e. The van der Waals surface area contributed by atoms with Gasteiger partial charge >= 0.3 is 0 Å². The van der Waals surface area contributed by atoms with Gasteiger partial charge in [-0.1, -0.05) is 53.5 Å². The molecular formula is C12H8Cl4. The third-order valence-corrected chi connectivity index (χ3v) is 6.41. The Kier molecular flexibility index (Phi) is 2.33. The molecule has 2 aliphatic rings. The second kappa shape index (κ2) is 3.32. The van der Waals surface area contributed by atoms with E-state index < -0.39 is 9.75 Å². The molecule has 0 spiro atoms. The third kappa shape index (κ3) is 1.05. The van der Waals surface area contributed by atoms with E-state index >= 15 is 0 Å². The predicted octanol–water partition coefficient (Wildman–Crippen LogP) is 4.83. The van der Waals surface area contributed by atoms with Crippen LogP contribution in [-0.2, 0) is 0 Å². The van der Waals surface area contributed by atoms with Crippen LogP contribution in [0, 0.1) is 0 Å². The van der Waals surface area contributed by atoms with Gasteiger partial charge in [-0.25, -0.2) is 0 Å². The van der Waals surface area contributed by atoms with Gasteiger partial charge in [-0.2, -0.15) is 0 Å². The van der Waals surface area contributed by atoms with E-state index in [-0.39, 0.29) is 5.92 Å². The van der Waals surface area contributed by atoms with Gasteiger partial charge in [0.05, 0.1) is 10.1 Å². The molecule has 16 heavy (non-hydrogen) atoms. The topological polar surface area (TPSA) is 0 Å². The zero-order chi connectivity index (χ0) is 11.6. The zero-order valence-electron chi connectivity index (χ0n) is 8.18. The first-order valence-electron chi connectivity index (χ1n) is 5.01. The lowest BCUT2D eigenvalue weighted by Gasteiger charge is -2.64. The summed E-state index contributed by atoms with van der Waals surface area (Å²) in [6.45, 7) is 0. The number of benzene rings is 1. The molecule has 4 heteroatoms. The number of halogens is 4. The van der Waals surface area contributed by atoms with Crippen molar-refractivity contribution in [3.63, 3.8) is 0 Å². The maximum atomic E-state index is 6.52. The number of fused-ring (bicyclic) bond motifs is 1. The van der Waals surface area contributed by atoms with E-state index in [0.717, 1.165) is 12.0 Å². The lowest BCUT2D eigenvalue weighted by molar-refractivity contribution is 0.241. The van der Waals surface area contributed by atoms with Gasteiger partial charge < -0.3 is 0 Å². The van der Waals surface area contributed by atoms with Crippen LogP contribution >= 0.6 is 46.4 Å². The first kappa shape index (κ1) is 11.2. The van der Waals surface area contributed by atoms with E-state index in [1.165, 1.54) is 0 Å². The second-order valence-corrected chi connectivity index (χ2v) is 6.31. The van der Waals surface area contributed by atoms with Crippen molar-refractivity contribution in [1.29, 1.82) is 0 Å². The second-order valence-electron chi connectivity index (χ2n) is 4.31. The molecule has 1 aromatic carbocycles. The normalized spacial score (nSPS) is 41.1. The third-order valence-electron chi connectivity index (χ3n) is 3.60. The summed E-state index contributed by atoms with van der Waals surface area (Å²) in [5.41, 5.74) is 1.16. The van der Waals surface area contributed by atoms with Crippen molar-refractivity contribution in [2.45, 2.75) is 22.1 Å². The minimum absolute atomic E-state index is 0.155. The van der Waals surface area contributed by atoms with Crippen LogP contribution in [0.4, 0.5) is 0 Å². The average molecular weight is 294 g/mol. The number of hydrogen-bond donors (Lipinski definition) is 0. The van der Waals surface area contributed by atoms with Crippen molar-refractivity contribution in [3.05, 3.63) is 46.0 Å². The number of allylic oxidation sites excluding steroid dienone is 2. The first-order chi connectivity index (χ1) is 7.52. The summed E-state index contributed by atoms with van der Waals surface area (Å²) in [4.78, 5) is -1.34. The lowest BCUT2D eigenvalue weighted by Crippen LogP contribution is -2.68. The Balaban J connectivity index is 2.01. The summed E-state index contributed by atoms with van der Waals surface area (Å²) in [7, 11) is 0. The Morgan fingerprint density at radius 2 is 1.62 bits per heavy atom. The number of alkyl halides is 2. The van der Waals surface area contributed by atoms with Gasteiger partial charge in [0.25, 0.3) is 0 Å². The summed E-state index contributed by atoms with van der Waals surface area (Å²) in [5, 5.41) is 1.02. The van der Waals surface area contributed by atoms with Gasteiger partial charge in [-0.3, -0.25) is 0 Å².